The van der Waals surface area contributed by atoms with E-state index in [2.05, 4.69) is 63.1 Å². The first-order valence-corrected chi connectivity index (χ1v) is 35.9. The maximum absolute atomic E-state index is 14.5. The normalized spacial score (nSPS) is 14.3. The van der Waals surface area contributed by atoms with Crippen LogP contribution in [-0.4, -0.2) is 226 Å². The molecule has 0 spiro atoms. The van der Waals surface area contributed by atoms with Gasteiger partial charge >= 0.3 is 11.9 Å². The molecule has 13 atom stereocenters. The highest BCUT2D eigenvalue weighted by atomic mass is 16.4. The summed E-state index contributed by atoms with van der Waals surface area (Å²) in [5.41, 5.74) is 25.9. The second-order valence-corrected chi connectivity index (χ2v) is 26.6. The van der Waals surface area contributed by atoms with Crippen molar-refractivity contribution >= 4 is 101 Å². The van der Waals surface area contributed by atoms with Crippen LogP contribution in [0.4, 0.5) is 0 Å². The van der Waals surface area contributed by atoms with E-state index in [9.17, 15) is 107 Å². The standard InChI is InChI=1S/C76H90N18O22/c1-38(65(104)93-63(39(2)96)75(114)91-56(76(115)116)36-61(80)101)83-67(106)48(24-26-58(77)98)86-74(113)64(40(3)97)94-72(111)55(35-60(79)100)89-70(109)53(31-42-16-8-5-9-17-42)88-71(110)54(34-59(78)99)90-73(112)57(37-95)92-68(107)49(25-27-62(102)103)85-69(108)52(30-41-14-6-4-7-15-41)87-66(105)44-22-20-43(21-23-44)45-32-50(46-18-10-12-28-81-46)84-51(33-45)47-19-11-13-29-82-47/h4-23,28-29,32-33,38-40,48-49,52-57,63-64,95-97H,24-27,30-31,34-37H2,1-3H3,(H2,77,98)(H2,78,99)(H2,79,100)(H2,80,101)(H,83,106)(H,85,108)(H,86,113)(H,87,105)(H,88,110)(H,89,109)(H,90,112)(H,91,114)(H,92,107)(H,93,104)(H,94,111)(H,102,103)(H,115,116)/t38-,39+,40+,48-,49-,52-,53-,54-,55-,56-,57-,63-,64-/m0/s1. The molecule has 0 radical (unpaired) electrons. The Kier molecular flexibility index (Phi) is 34.7. The largest absolute Gasteiger partial charge is 0.481 e. The molecular formula is C76H90N18O22. The number of aliphatic carboxylic acids is 2. The zero-order chi connectivity index (χ0) is 85.5. The van der Waals surface area contributed by atoms with Crippen LogP contribution in [0.3, 0.4) is 0 Å². The second kappa shape index (κ2) is 44.3. The first-order chi connectivity index (χ1) is 55.0. The fraction of sp³-hybridized carbons (Fsp3) is 0.342. The van der Waals surface area contributed by atoms with Gasteiger partial charge in [0.15, 0.2) is 0 Å². The monoisotopic (exact) mass is 1610 g/mol. The van der Waals surface area contributed by atoms with E-state index in [-0.39, 0.29) is 12.0 Å². The van der Waals surface area contributed by atoms with E-state index in [4.69, 9.17) is 27.9 Å². The lowest BCUT2D eigenvalue weighted by atomic mass is 10.0. The minimum absolute atomic E-state index is 0.0895. The summed E-state index contributed by atoms with van der Waals surface area (Å²) in [5, 5.41) is 75.6. The number of carboxylic acids is 2. The summed E-state index contributed by atoms with van der Waals surface area (Å²) < 4.78 is 0. The summed E-state index contributed by atoms with van der Waals surface area (Å²) >= 11 is 0. The van der Waals surface area contributed by atoms with E-state index in [1.54, 1.807) is 85.2 Å². The van der Waals surface area contributed by atoms with E-state index < -0.39 is 237 Å². The Balaban J connectivity index is 1.17. The fourth-order valence-electron chi connectivity index (χ4n) is 11.3. The third-order valence-electron chi connectivity index (χ3n) is 17.4. The van der Waals surface area contributed by atoms with Crippen molar-refractivity contribution in [1.29, 1.82) is 0 Å². The van der Waals surface area contributed by atoms with Gasteiger partial charge < -0.3 is 107 Å². The topological polar surface area (TPSA) is 666 Å². The van der Waals surface area contributed by atoms with Crippen LogP contribution in [0.2, 0.25) is 0 Å². The van der Waals surface area contributed by atoms with Gasteiger partial charge in [-0.15, -0.1) is 0 Å². The molecule has 24 N–H and O–H groups in total. The van der Waals surface area contributed by atoms with Crippen LogP contribution >= 0.6 is 0 Å². The molecule has 616 valence electrons. The van der Waals surface area contributed by atoms with Gasteiger partial charge in [0, 0.05) is 43.6 Å². The number of rotatable bonds is 45. The highest BCUT2D eigenvalue weighted by molar-refractivity contribution is 6.02. The average molecular weight is 1610 g/mol. The van der Waals surface area contributed by atoms with Crippen LogP contribution < -0.4 is 81.4 Å². The molecule has 40 nitrogen and oxygen atoms in total. The molecule has 0 bridgehead atoms. The van der Waals surface area contributed by atoms with E-state index in [0.717, 1.165) is 20.8 Å². The van der Waals surface area contributed by atoms with Gasteiger partial charge in [0.05, 0.1) is 60.9 Å². The van der Waals surface area contributed by atoms with Gasteiger partial charge in [-0.25, -0.2) is 9.78 Å². The number of aliphatic hydroxyl groups excluding tert-OH is 3. The van der Waals surface area contributed by atoms with Crippen molar-refractivity contribution in [2.45, 2.75) is 157 Å². The van der Waals surface area contributed by atoms with Crippen LogP contribution in [-0.2, 0) is 89.6 Å². The minimum Gasteiger partial charge on any atom is -0.481 e. The van der Waals surface area contributed by atoms with E-state index >= 15 is 0 Å². The molecule has 0 saturated heterocycles. The number of nitrogens with one attached hydrogen (secondary N) is 11. The summed E-state index contributed by atoms with van der Waals surface area (Å²) in [6.45, 7) is 1.79. The van der Waals surface area contributed by atoms with Crippen molar-refractivity contribution in [2.24, 2.45) is 22.9 Å². The molecule has 0 aliphatic carbocycles. The minimum atomic E-state index is -2.12. The van der Waals surface area contributed by atoms with E-state index in [1.807, 2.05) is 29.6 Å². The summed E-state index contributed by atoms with van der Waals surface area (Å²) in [6, 6.07) is 15.9. The summed E-state index contributed by atoms with van der Waals surface area (Å²) in [4.78, 5) is 240. The Labute approximate surface area is 661 Å². The number of amides is 15. The van der Waals surface area contributed by atoms with Crippen molar-refractivity contribution in [2.75, 3.05) is 6.61 Å². The number of primary amides is 4. The van der Waals surface area contributed by atoms with Crippen LogP contribution in [0.5, 0.6) is 0 Å². The lowest BCUT2D eigenvalue weighted by Gasteiger charge is -2.28. The zero-order valence-electron chi connectivity index (χ0n) is 62.8. The third-order valence-corrected chi connectivity index (χ3v) is 17.4. The van der Waals surface area contributed by atoms with Crippen molar-refractivity contribution in [1.82, 2.24) is 73.4 Å². The van der Waals surface area contributed by atoms with Gasteiger partial charge in [-0.2, -0.15) is 0 Å². The van der Waals surface area contributed by atoms with Gasteiger partial charge in [-0.1, -0.05) is 84.9 Å². The number of nitrogens with zero attached hydrogens (tertiary/aromatic N) is 3. The maximum Gasteiger partial charge on any atom is 0.326 e. The number of nitrogens with two attached hydrogens (primary N) is 4. The van der Waals surface area contributed by atoms with Gasteiger partial charge in [0.2, 0.25) is 82.7 Å². The van der Waals surface area contributed by atoms with Gasteiger partial charge in [0.25, 0.3) is 5.91 Å². The highest BCUT2D eigenvalue weighted by Crippen LogP contribution is 2.29. The molecule has 3 aromatic heterocycles. The molecular weight excluding hydrogens is 1520 g/mol. The van der Waals surface area contributed by atoms with Crippen molar-refractivity contribution < 1.29 is 107 Å². The zero-order valence-corrected chi connectivity index (χ0v) is 62.8. The SMILES string of the molecule is C[C@H](NC(=O)[C@H](CCC(N)=O)NC(=O)[C@@H](NC(=O)[C@H](CC(N)=O)NC(=O)[C@H](Cc1ccccc1)NC(=O)[C@H](CC(N)=O)NC(=O)[C@H](CO)NC(=O)[C@H](CCC(=O)O)NC(=O)[C@H](Cc1ccccc1)NC(=O)c1ccc(-c2cc(-c3ccccn3)nc(-c3ccccn3)c2)cc1)[C@@H](C)O)C(=O)N[C@H](C(=O)N[C@@H](CC(N)=O)C(=O)O)[C@@H](C)O. The quantitative estimate of drug-likeness (QED) is 0.0170. The molecule has 6 rings (SSSR count). The highest BCUT2D eigenvalue weighted by Gasteiger charge is 2.39. The molecule has 3 aromatic carbocycles. The third kappa shape index (κ3) is 28.9. The summed E-state index contributed by atoms with van der Waals surface area (Å²) in [5.74, 6) is -21.4. The molecule has 3 heterocycles. The molecule has 0 fully saturated rings. The van der Waals surface area contributed by atoms with Crippen LogP contribution in [0.1, 0.15) is 87.2 Å². The lowest BCUT2D eigenvalue weighted by molar-refractivity contribution is -0.144. The molecule has 6 aromatic rings. The summed E-state index contributed by atoms with van der Waals surface area (Å²) in [7, 11) is 0. The number of carbonyl (C=O) groups is 17. The number of aromatic nitrogens is 3. The molecule has 0 unspecified atom stereocenters. The van der Waals surface area contributed by atoms with Gasteiger partial charge in [-0.3, -0.25) is 86.7 Å². The number of aliphatic hydroxyl groups is 3. The Morgan fingerprint density at radius 1 is 0.362 bits per heavy atom. The predicted molar refractivity (Wildman–Crippen MR) is 407 cm³/mol. The number of hydrogen-bond donors (Lipinski definition) is 20. The van der Waals surface area contributed by atoms with Gasteiger partial charge in [0.1, 0.15) is 66.5 Å². The molecule has 0 saturated carbocycles. The van der Waals surface area contributed by atoms with E-state index in [0.29, 0.717) is 45.0 Å². The van der Waals surface area contributed by atoms with Gasteiger partial charge in [-0.05, 0) is 104 Å². The van der Waals surface area contributed by atoms with Crippen LogP contribution in [0.25, 0.3) is 33.9 Å². The first kappa shape index (κ1) is 90.9. The average Bonchev–Trinajstić information content (AvgIpc) is 0.801. The Morgan fingerprint density at radius 2 is 0.733 bits per heavy atom. The predicted octanol–water partition coefficient (Wildman–Crippen LogP) is -5.08. The number of hydrogen-bond acceptors (Lipinski definition) is 23. The first-order valence-electron chi connectivity index (χ1n) is 35.9. The smallest absolute Gasteiger partial charge is 0.326 e. The van der Waals surface area contributed by atoms with Crippen molar-refractivity contribution in [3.8, 4) is 33.9 Å². The lowest BCUT2D eigenvalue weighted by Crippen LogP contribution is -2.62. The number of carboxylic acid groups (broad SMARTS) is 2. The number of carbonyl (C=O) groups excluding carboxylic acids is 15. The maximum atomic E-state index is 14.5. The van der Waals surface area contributed by atoms with Crippen LogP contribution in [0, 0.1) is 0 Å². The van der Waals surface area contributed by atoms with Crippen molar-refractivity contribution in [3.05, 3.63) is 163 Å². The molecule has 40 heteroatoms. The molecule has 0 aliphatic rings. The van der Waals surface area contributed by atoms with E-state index in [1.165, 1.54) is 36.4 Å². The summed E-state index contributed by atoms with van der Waals surface area (Å²) in [6.07, 6.45) is -6.70. The Bertz CT molecular complexity index is 4470. The number of pyridine rings is 3. The fourth-order valence-corrected chi connectivity index (χ4v) is 11.3. The molecule has 0 aliphatic heterocycles. The molecule has 15 amide bonds. The Morgan fingerprint density at radius 3 is 1.16 bits per heavy atom. The Hall–Kier alpha value is -14.0. The van der Waals surface area contributed by atoms with Crippen LogP contribution in [0.15, 0.2) is 146 Å². The van der Waals surface area contributed by atoms with Crippen molar-refractivity contribution in [3.63, 3.8) is 0 Å². The molecule has 116 heavy (non-hydrogen) atoms. The second-order valence-electron chi connectivity index (χ2n) is 26.6. The number of benzene rings is 3.